The van der Waals surface area contributed by atoms with Crippen molar-refractivity contribution in [2.45, 2.75) is 70.4 Å². The molecule has 1 fully saturated rings. The molecule has 0 bridgehead atoms. The number of carbonyl (C=O) groups is 1. The number of halogens is 3. The fourth-order valence-corrected chi connectivity index (χ4v) is 7.58. The average molecular weight is 665 g/mol. The summed E-state index contributed by atoms with van der Waals surface area (Å²) >= 11 is 0. The summed E-state index contributed by atoms with van der Waals surface area (Å²) in [6.07, 6.45) is -0.819. The highest BCUT2D eigenvalue weighted by Gasteiger charge is 2.38. The first-order chi connectivity index (χ1) is 21.8. The number of alkyl halides is 3. The van der Waals surface area contributed by atoms with E-state index in [1.165, 1.54) is 17.0 Å². The van der Waals surface area contributed by atoms with Gasteiger partial charge in [-0.15, -0.1) is 0 Å². The second kappa shape index (κ2) is 13.5. The first kappa shape index (κ1) is 33.6. The molecule has 1 amide bonds. The molecule has 1 aromatic carbocycles. The van der Waals surface area contributed by atoms with E-state index in [0.29, 0.717) is 35.9 Å². The number of nitrogens with one attached hydrogen (secondary N) is 2. The van der Waals surface area contributed by atoms with Gasteiger partial charge in [0.2, 0.25) is 0 Å². The van der Waals surface area contributed by atoms with Crippen molar-refractivity contribution < 1.29 is 41.4 Å². The highest BCUT2D eigenvalue weighted by Crippen LogP contribution is 2.51. The Balaban J connectivity index is 1.44. The molecule has 3 heterocycles. The van der Waals surface area contributed by atoms with Crippen LogP contribution in [-0.2, 0) is 32.5 Å². The van der Waals surface area contributed by atoms with Crippen LogP contribution in [0.2, 0.25) is 0 Å². The first-order valence-corrected chi connectivity index (χ1v) is 16.7. The number of carbonyl (C=O) groups excluding carboxylic acids is 1. The van der Waals surface area contributed by atoms with Crippen molar-refractivity contribution in [3.8, 4) is 0 Å². The Morgan fingerprint density at radius 2 is 1.80 bits per heavy atom. The number of nitrogens with zero attached hydrogens (tertiary/aromatic N) is 4. The molecule has 0 radical (unpaired) electrons. The summed E-state index contributed by atoms with van der Waals surface area (Å²) in [6.45, 7) is 3.95. The maximum Gasteiger partial charge on any atom is 0.421 e. The number of benzene rings is 1. The summed E-state index contributed by atoms with van der Waals surface area (Å²) in [4.78, 5) is 22.6. The highest BCUT2D eigenvalue weighted by molar-refractivity contribution is 7.53. The molecule has 12 nitrogen and oxygen atoms in total. The van der Waals surface area contributed by atoms with Crippen LogP contribution in [0.15, 0.2) is 36.7 Å². The standard InChI is InChI=1S/C30H36F3N6O6P/c1-4-44-46(43,45-5-2)17-18-6-13-25(39(42)15-18)36-29-34-14-23(30(31,32)33)27(37-29)35-24-12-11-21(19-7-9-20(40)10-8-19)22-16-38(3)28(41)26(22)24/h6,11-15,19-20,40H,4-5,7-10,16-17H2,1-3H3,(H2,34,35,36,37)/t19-,20-. The number of pyridine rings is 1. The molecule has 3 aromatic rings. The van der Waals surface area contributed by atoms with Crippen LogP contribution in [0.3, 0.4) is 0 Å². The molecule has 1 aliphatic heterocycles. The summed E-state index contributed by atoms with van der Waals surface area (Å²) in [5.74, 6) is -1.22. The van der Waals surface area contributed by atoms with Crippen LogP contribution in [0.1, 0.15) is 78.1 Å². The zero-order valence-electron chi connectivity index (χ0n) is 25.6. The topological polar surface area (TPSA) is 153 Å². The van der Waals surface area contributed by atoms with Crippen molar-refractivity contribution in [2.75, 3.05) is 30.9 Å². The largest absolute Gasteiger partial charge is 0.711 e. The smallest absolute Gasteiger partial charge is 0.421 e. The van der Waals surface area contributed by atoms with Gasteiger partial charge in [-0.25, -0.2) is 10.0 Å². The third kappa shape index (κ3) is 7.27. The summed E-state index contributed by atoms with van der Waals surface area (Å²) in [6, 6.07) is 6.26. The second-order valence-corrected chi connectivity index (χ2v) is 13.3. The normalized spacial score (nSPS) is 18.5. The van der Waals surface area contributed by atoms with Gasteiger partial charge < -0.3 is 29.6 Å². The van der Waals surface area contributed by atoms with Gasteiger partial charge in [-0.3, -0.25) is 9.36 Å². The predicted octanol–water partition coefficient (Wildman–Crippen LogP) is 5.99. The van der Waals surface area contributed by atoms with Crippen molar-refractivity contribution >= 4 is 36.8 Å². The number of fused-ring (bicyclic) bond motifs is 1. The lowest BCUT2D eigenvalue weighted by molar-refractivity contribution is -0.590. The van der Waals surface area contributed by atoms with E-state index >= 15 is 0 Å². The summed E-state index contributed by atoms with van der Waals surface area (Å²) in [7, 11) is -1.85. The number of anilines is 4. The predicted molar refractivity (Wildman–Crippen MR) is 163 cm³/mol. The van der Waals surface area contributed by atoms with E-state index in [4.69, 9.17) is 9.05 Å². The van der Waals surface area contributed by atoms with Gasteiger partial charge in [0.1, 0.15) is 5.56 Å². The molecule has 2 aromatic heterocycles. The van der Waals surface area contributed by atoms with Crippen LogP contribution >= 0.6 is 7.60 Å². The first-order valence-electron chi connectivity index (χ1n) is 15.0. The highest BCUT2D eigenvalue weighted by atomic mass is 31.2. The number of aliphatic hydroxyl groups excluding tert-OH is 1. The van der Waals surface area contributed by atoms with Crippen molar-refractivity contribution in [3.63, 3.8) is 0 Å². The van der Waals surface area contributed by atoms with Crippen LogP contribution < -0.4 is 15.4 Å². The molecule has 1 aliphatic carbocycles. The van der Waals surface area contributed by atoms with E-state index in [1.807, 2.05) is 6.07 Å². The van der Waals surface area contributed by atoms with Crippen LogP contribution in [-0.4, -0.2) is 52.2 Å². The Kier molecular flexibility index (Phi) is 9.87. The number of amides is 1. The molecular weight excluding hydrogens is 628 g/mol. The van der Waals surface area contributed by atoms with Gasteiger partial charge in [0.15, 0.2) is 5.82 Å². The lowest BCUT2D eigenvalue weighted by atomic mass is 9.80. The Hall–Kier alpha value is -3.78. The molecule has 0 saturated heterocycles. The van der Waals surface area contributed by atoms with Crippen LogP contribution in [0.5, 0.6) is 0 Å². The molecule has 248 valence electrons. The van der Waals surface area contributed by atoms with Crippen molar-refractivity contribution in [2.24, 2.45) is 0 Å². The number of hydrogen-bond donors (Lipinski definition) is 3. The van der Waals surface area contributed by atoms with Crippen molar-refractivity contribution in [3.05, 3.63) is 69.7 Å². The van der Waals surface area contributed by atoms with E-state index < -0.39 is 25.2 Å². The Morgan fingerprint density at radius 1 is 1.11 bits per heavy atom. The monoisotopic (exact) mass is 664 g/mol. The van der Waals surface area contributed by atoms with Crippen molar-refractivity contribution in [1.29, 1.82) is 0 Å². The molecule has 16 heteroatoms. The van der Waals surface area contributed by atoms with Gasteiger partial charge in [-0.05, 0) is 68.7 Å². The quantitative estimate of drug-likeness (QED) is 0.127. The number of rotatable bonds is 11. The minimum atomic E-state index is -4.83. The average Bonchev–Trinajstić information content (AvgIpc) is 3.29. The molecule has 2 aliphatic rings. The van der Waals surface area contributed by atoms with Gasteiger partial charge >= 0.3 is 19.7 Å². The maximum atomic E-state index is 14.1. The molecule has 46 heavy (non-hydrogen) atoms. The zero-order chi connectivity index (χ0) is 33.2. The molecule has 0 unspecified atom stereocenters. The fraction of sp³-hybridized carbons (Fsp3) is 0.467. The van der Waals surface area contributed by atoms with Crippen molar-refractivity contribution in [1.82, 2.24) is 14.9 Å². The van der Waals surface area contributed by atoms with E-state index in [1.54, 1.807) is 27.0 Å². The van der Waals surface area contributed by atoms with Gasteiger partial charge in [0.25, 0.3) is 11.7 Å². The molecule has 1 saturated carbocycles. The SMILES string of the molecule is CCOP(=O)(Cc1ccc(Nc2ncc(C(F)(F)F)c(Nc3ccc([C@H]4CC[C@H](O)CC4)c4c3C(=O)N(C)C4)n2)[n+]([O-])c1)OCC. The minimum Gasteiger partial charge on any atom is -0.711 e. The number of hydrogen-bond acceptors (Lipinski definition) is 10. The van der Waals surface area contributed by atoms with E-state index in [9.17, 15) is 32.8 Å². The molecular formula is C30H36F3N6O6P. The van der Waals surface area contributed by atoms with Gasteiger partial charge in [0, 0.05) is 31.4 Å². The molecule has 5 rings (SSSR count). The lowest BCUT2D eigenvalue weighted by Gasteiger charge is -2.27. The minimum absolute atomic E-state index is 0.100. The van der Waals surface area contributed by atoms with Crippen LogP contribution in [0, 0.1) is 5.21 Å². The Bertz CT molecular complexity index is 1640. The molecule has 3 N–H and O–H groups in total. The third-order valence-electron chi connectivity index (χ3n) is 8.03. The molecule has 0 atom stereocenters. The van der Waals surface area contributed by atoms with Gasteiger partial charge in [0.05, 0.1) is 42.9 Å². The Labute approximate surface area is 264 Å². The number of aliphatic hydroxyl groups is 1. The summed E-state index contributed by atoms with van der Waals surface area (Å²) in [5.41, 5.74) is 1.33. The Morgan fingerprint density at radius 3 is 2.43 bits per heavy atom. The van der Waals surface area contributed by atoms with Crippen LogP contribution in [0.4, 0.5) is 36.4 Å². The van der Waals surface area contributed by atoms with E-state index in [-0.39, 0.29) is 60.3 Å². The van der Waals surface area contributed by atoms with Crippen LogP contribution in [0.25, 0.3) is 0 Å². The van der Waals surface area contributed by atoms with E-state index in [2.05, 4.69) is 20.6 Å². The van der Waals surface area contributed by atoms with Gasteiger partial charge in [-0.1, -0.05) is 6.07 Å². The lowest BCUT2D eigenvalue weighted by Crippen LogP contribution is -2.30. The summed E-state index contributed by atoms with van der Waals surface area (Å²) < 4.78 is 66.1. The third-order valence-corrected chi connectivity index (χ3v) is 10.1. The van der Waals surface area contributed by atoms with Gasteiger partial charge in [-0.2, -0.15) is 23.1 Å². The van der Waals surface area contributed by atoms with E-state index in [0.717, 1.165) is 30.2 Å². The molecule has 0 spiro atoms. The number of aromatic nitrogens is 3. The second-order valence-electron chi connectivity index (χ2n) is 11.3. The summed E-state index contributed by atoms with van der Waals surface area (Å²) in [5, 5.41) is 28.1. The maximum absolute atomic E-state index is 14.1. The zero-order valence-corrected chi connectivity index (χ0v) is 26.5. The fourth-order valence-electron chi connectivity index (χ4n) is 5.90.